The topological polar surface area (TPSA) is 32.7 Å². The molecular formula is C15H16ClNO2. The van der Waals surface area contributed by atoms with E-state index in [9.17, 15) is 0 Å². The number of ether oxygens (including phenoxy) is 1. The molecule has 0 atom stereocenters. The Morgan fingerprint density at radius 3 is 2.37 bits per heavy atom. The molecule has 100 valence electrons. The molecule has 0 fully saturated rings. The molecule has 2 aromatic carbocycles. The summed E-state index contributed by atoms with van der Waals surface area (Å²) in [6.45, 7) is -0.00769. The Kier molecular flexibility index (Phi) is 4.30. The molecule has 0 spiro atoms. The Labute approximate surface area is 118 Å². The zero-order valence-electron chi connectivity index (χ0n) is 10.9. The Morgan fingerprint density at radius 2 is 1.84 bits per heavy atom. The average molecular weight is 278 g/mol. The summed E-state index contributed by atoms with van der Waals surface area (Å²) in [4.78, 5) is 1.99. The van der Waals surface area contributed by atoms with Crippen molar-refractivity contribution in [3.63, 3.8) is 0 Å². The van der Waals surface area contributed by atoms with Crippen LogP contribution in [0.2, 0.25) is 5.02 Å². The third-order valence-corrected chi connectivity index (χ3v) is 3.32. The first-order valence-electron chi connectivity index (χ1n) is 5.92. The third-order valence-electron chi connectivity index (χ3n) is 3.02. The molecule has 0 unspecified atom stereocenters. The van der Waals surface area contributed by atoms with Gasteiger partial charge in [0.15, 0.2) is 0 Å². The highest BCUT2D eigenvalue weighted by atomic mass is 35.5. The van der Waals surface area contributed by atoms with E-state index in [1.54, 1.807) is 13.2 Å². The first-order chi connectivity index (χ1) is 9.15. The van der Waals surface area contributed by atoms with Gasteiger partial charge in [-0.1, -0.05) is 17.7 Å². The maximum absolute atomic E-state index is 9.08. The lowest BCUT2D eigenvalue weighted by molar-refractivity contribution is 0.282. The highest BCUT2D eigenvalue weighted by molar-refractivity contribution is 6.33. The molecule has 2 aromatic rings. The fourth-order valence-corrected chi connectivity index (χ4v) is 2.20. The van der Waals surface area contributed by atoms with Gasteiger partial charge in [0.2, 0.25) is 0 Å². The molecule has 0 aliphatic rings. The average Bonchev–Trinajstić information content (AvgIpc) is 2.46. The normalized spacial score (nSPS) is 10.3. The van der Waals surface area contributed by atoms with Crippen molar-refractivity contribution in [2.45, 2.75) is 6.61 Å². The van der Waals surface area contributed by atoms with Crippen molar-refractivity contribution in [2.75, 3.05) is 19.1 Å². The van der Waals surface area contributed by atoms with Crippen molar-refractivity contribution in [3.05, 3.63) is 53.1 Å². The quantitative estimate of drug-likeness (QED) is 0.927. The van der Waals surface area contributed by atoms with Crippen molar-refractivity contribution < 1.29 is 9.84 Å². The zero-order valence-corrected chi connectivity index (χ0v) is 11.7. The number of halogens is 1. The van der Waals surface area contributed by atoms with E-state index in [0.29, 0.717) is 5.02 Å². The van der Waals surface area contributed by atoms with Crippen molar-refractivity contribution in [1.82, 2.24) is 0 Å². The monoisotopic (exact) mass is 277 g/mol. The van der Waals surface area contributed by atoms with Gasteiger partial charge < -0.3 is 14.7 Å². The molecule has 0 bridgehead atoms. The molecule has 2 rings (SSSR count). The fraction of sp³-hybridized carbons (Fsp3) is 0.200. The van der Waals surface area contributed by atoms with E-state index in [4.69, 9.17) is 21.4 Å². The molecule has 1 N–H and O–H groups in total. The summed E-state index contributed by atoms with van der Waals surface area (Å²) < 4.78 is 5.14. The van der Waals surface area contributed by atoms with Crippen LogP contribution in [0.4, 0.5) is 11.4 Å². The number of methoxy groups -OCH3 is 1. The van der Waals surface area contributed by atoms with Gasteiger partial charge in [-0.25, -0.2) is 0 Å². The molecule has 0 aliphatic carbocycles. The van der Waals surface area contributed by atoms with Crippen LogP contribution in [-0.2, 0) is 6.61 Å². The van der Waals surface area contributed by atoms with Crippen LogP contribution < -0.4 is 9.64 Å². The van der Waals surface area contributed by atoms with Crippen molar-refractivity contribution in [2.24, 2.45) is 0 Å². The standard InChI is InChI=1S/C15H16ClNO2/c1-17(12-4-6-13(19-2)7-5-12)15-8-3-11(10-18)9-14(15)16/h3-9,18H,10H2,1-2H3. The van der Waals surface area contributed by atoms with Gasteiger partial charge in [0.1, 0.15) is 5.75 Å². The number of hydrogen-bond donors (Lipinski definition) is 1. The lowest BCUT2D eigenvalue weighted by atomic mass is 10.2. The summed E-state index contributed by atoms with van der Waals surface area (Å²) in [5, 5.41) is 9.70. The summed E-state index contributed by atoms with van der Waals surface area (Å²) >= 11 is 6.23. The first-order valence-corrected chi connectivity index (χ1v) is 6.30. The second-order valence-corrected chi connectivity index (χ2v) is 4.61. The van der Waals surface area contributed by atoms with E-state index in [1.165, 1.54) is 0 Å². The lowest BCUT2D eigenvalue weighted by Gasteiger charge is -2.21. The molecule has 3 nitrogen and oxygen atoms in total. The maximum Gasteiger partial charge on any atom is 0.119 e. The number of aliphatic hydroxyl groups is 1. The van der Waals surface area contributed by atoms with E-state index in [2.05, 4.69) is 0 Å². The third kappa shape index (κ3) is 3.00. The second kappa shape index (κ2) is 5.95. The molecule has 4 heteroatoms. The molecule has 19 heavy (non-hydrogen) atoms. The lowest BCUT2D eigenvalue weighted by Crippen LogP contribution is -2.10. The predicted octanol–water partition coefficient (Wildman–Crippen LogP) is 3.61. The van der Waals surface area contributed by atoms with E-state index in [1.807, 2.05) is 48.3 Å². The number of hydrogen-bond acceptors (Lipinski definition) is 3. The van der Waals surface area contributed by atoms with Gasteiger partial charge in [0, 0.05) is 12.7 Å². The number of anilines is 2. The number of rotatable bonds is 4. The molecule has 0 saturated carbocycles. The smallest absolute Gasteiger partial charge is 0.119 e. The summed E-state index contributed by atoms with van der Waals surface area (Å²) in [5.41, 5.74) is 2.71. The predicted molar refractivity (Wildman–Crippen MR) is 78.4 cm³/mol. The van der Waals surface area contributed by atoms with Crippen LogP contribution in [0.25, 0.3) is 0 Å². The minimum Gasteiger partial charge on any atom is -0.497 e. The van der Waals surface area contributed by atoms with Crippen LogP contribution in [-0.4, -0.2) is 19.3 Å². The molecular weight excluding hydrogens is 262 g/mol. The van der Waals surface area contributed by atoms with E-state index >= 15 is 0 Å². The van der Waals surface area contributed by atoms with E-state index in [-0.39, 0.29) is 6.61 Å². The number of nitrogens with zero attached hydrogens (tertiary/aromatic N) is 1. The molecule has 0 heterocycles. The van der Waals surface area contributed by atoms with Crippen LogP contribution in [0.1, 0.15) is 5.56 Å². The van der Waals surface area contributed by atoms with Crippen LogP contribution in [0, 0.1) is 0 Å². The van der Waals surface area contributed by atoms with E-state index in [0.717, 1.165) is 22.7 Å². The van der Waals surface area contributed by atoms with Crippen LogP contribution >= 0.6 is 11.6 Å². The maximum atomic E-state index is 9.08. The van der Waals surface area contributed by atoms with Crippen molar-refractivity contribution in [1.29, 1.82) is 0 Å². The largest absolute Gasteiger partial charge is 0.497 e. The van der Waals surface area contributed by atoms with Gasteiger partial charge in [-0.2, -0.15) is 0 Å². The number of aliphatic hydroxyl groups excluding tert-OH is 1. The van der Waals surface area contributed by atoms with Gasteiger partial charge in [0.05, 0.1) is 24.4 Å². The Bertz CT molecular complexity index is 555. The van der Waals surface area contributed by atoms with Crippen molar-refractivity contribution in [3.8, 4) is 5.75 Å². The minimum absolute atomic E-state index is 0.00769. The molecule has 0 saturated heterocycles. The highest BCUT2D eigenvalue weighted by Crippen LogP contribution is 2.32. The molecule has 0 radical (unpaired) electrons. The zero-order chi connectivity index (χ0) is 13.8. The number of benzene rings is 2. The first kappa shape index (κ1) is 13.7. The Balaban J connectivity index is 2.29. The highest BCUT2D eigenvalue weighted by Gasteiger charge is 2.09. The van der Waals surface area contributed by atoms with Crippen molar-refractivity contribution >= 4 is 23.0 Å². The summed E-state index contributed by atoms with van der Waals surface area (Å²) in [5.74, 6) is 0.818. The summed E-state index contributed by atoms with van der Waals surface area (Å²) in [6.07, 6.45) is 0. The van der Waals surface area contributed by atoms with Gasteiger partial charge in [-0.15, -0.1) is 0 Å². The van der Waals surface area contributed by atoms with E-state index < -0.39 is 0 Å². The SMILES string of the molecule is COc1ccc(N(C)c2ccc(CO)cc2Cl)cc1. The summed E-state index contributed by atoms with van der Waals surface area (Å²) in [6, 6.07) is 13.3. The Hall–Kier alpha value is -1.71. The second-order valence-electron chi connectivity index (χ2n) is 4.20. The van der Waals surface area contributed by atoms with Gasteiger partial charge in [-0.05, 0) is 42.0 Å². The molecule has 0 amide bonds. The molecule has 0 aromatic heterocycles. The summed E-state index contributed by atoms with van der Waals surface area (Å²) in [7, 11) is 3.59. The van der Waals surface area contributed by atoms with Gasteiger partial charge in [-0.3, -0.25) is 0 Å². The van der Waals surface area contributed by atoms with Gasteiger partial charge in [0.25, 0.3) is 0 Å². The molecule has 0 aliphatic heterocycles. The van der Waals surface area contributed by atoms with Crippen LogP contribution in [0.5, 0.6) is 5.75 Å². The van der Waals surface area contributed by atoms with Gasteiger partial charge >= 0.3 is 0 Å². The minimum atomic E-state index is -0.00769. The Morgan fingerprint density at radius 1 is 1.16 bits per heavy atom. The van der Waals surface area contributed by atoms with Crippen LogP contribution in [0.3, 0.4) is 0 Å². The fourth-order valence-electron chi connectivity index (χ4n) is 1.87. The van der Waals surface area contributed by atoms with Crippen LogP contribution in [0.15, 0.2) is 42.5 Å².